The lowest BCUT2D eigenvalue weighted by Crippen LogP contribution is -2.27. The zero-order chi connectivity index (χ0) is 14.0. The summed E-state index contributed by atoms with van der Waals surface area (Å²) in [7, 11) is -3.66. The zero-order valence-electron chi connectivity index (χ0n) is 9.51. The largest absolute Gasteiger partial charge is 0.396 e. The van der Waals surface area contributed by atoms with Crippen molar-refractivity contribution < 1.29 is 8.42 Å². The summed E-state index contributed by atoms with van der Waals surface area (Å²) in [5, 5.41) is 3.94. The van der Waals surface area contributed by atoms with Gasteiger partial charge in [-0.25, -0.2) is 13.1 Å². The molecule has 2 rings (SSSR count). The second-order valence-corrected chi connectivity index (χ2v) is 7.64. The maximum Gasteiger partial charge on any atom is 0.243 e. The number of nitrogen functional groups attached to an aromatic ring is 1. The molecule has 0 aliphatic carbocycles. The van der Waals surface area contributed by atoms with Crippen molar-refractivity contribution in [3.63, 3.8) is 0 Å². The number of hydrogen-bond donors (Lipinski definition) is 2. The van der Waals surface area contributed by atoms with Crippen molar-refractivity contribution in [3.8, 4) is 0 Å². The Bertz CT molecular complexity index is 680. The Morgan fingerprint density at radius 3 is 2.74 bits per heavy atom. The Labute approximate surface area is 124 Å². The average Bonchev–Trinajstić information content (AvgIpc) is 2.85. The molecule has 0 unspecified atom stereocenters. The lowest BCUT2D eigenvalue weighted by molar-refractivity contribution is 0.561. The maximum absolute atomic E-state index is 12.0. The molecule has 0 saturated carbocycles. The molecule has 2 aromatic heterocycles. The van der Waals surface area contributed by atoms with Gasteiger partial charge in [-0.2, -0.15) is 5.10 Å². The van der Waals surface area contributed by atoms with Crippen LogP contribution >= 0.6 is 34.5 Å². The van der Waals surface area contributed by atoms with E-state index in [1.807, 2.05) is 0 Å². The second-order valence-electron chi connectivity index (χ2n) is 3.62. The molecular formula is C9H10Cl2N4O2S2. The van der Waals surface area contributed by atoms with Crippen molar-refractivity contribution in [2.45, 2.75) is 11.4 Å². The summed E-state index contributed by atoms with van der Waals surface area (Å²) in [6.07, 6.45) is 3.10. The molecule has 10 heteroatoms. The SMILES string of the molecule is Nc1cnn(CCNS(=O)(=O)c2cc(Cl)sc2Cl)c1. The van der Waals surface area contributed by atoms with E-state index in [1.165, 1.54) is 12.3 Å². The van der Waals surface area contributed by atoms with Crippen molar-refractivity contribution in [1.82, 2.24) is 14.5 Å². The average molecular weight is 341 g/mol. The minimum absolute atomic E-state index is 0.0101. The van der Waals surface area contributed by atoms with Gasteiger partial charge in [0.1, 0.15) is 9.23 Å². The number of hydrogen-bond acceptors (Lipinski definition) is 5. The maximum atomic E-state index is 12.0. The van der Waals surface area contributed by atoms with Gasteiger partial charge in [0, 0.05) is 12.7 Å². The Hall–Kier alpha value is -0.800. The van der Waals surface area contributed by atoms with E-state index in [9.17, 15) is 8.42 Å². The number of nitrogens with two attached hydrogens (primary N) is 1. The number of sulfonamides is 1. The van der Waals surface area contributed by atoms with Crippen molar-refractivity contribution in [2.24, 2.45) is 0 Å². The number of anilines is 1. The van der Waals surface area contributed by atoms with Crippen LogP contribution in [0.2, 0.25) is 8.67 Å². The molecule has 0 atom stereocenters. The first-order chi connectivity index (χ1) is 8.88. The monoisotopic (exact) mass is 340 g/mol. The van der Waals surface area contributed by atoms with Crippen molar-refractivity contribution in [1.29, 1.82) is 0 Å². The number of aromatic nitrogens is 2. The van der Waals surface area contributed by atoms with Crippen LogP contribution in [0.5, 0.6) is 0 Å². The zero-order valence-corrected chi connectivity index (χ0v) is 12.7. The van der Waals surface area contributed by atoms with Crippen molar-refractivity contribution in [2.75, 3.05) is 12.3 Å². The molecule has 0 saturated heterocycles. The van der Waals surface area contributed by atoms with Crippen molar-refractivity contribution >= 4 is 50.2 Å². The van der Waals surface area contributed by atoms with Gasteiger partial charge in [-0.15, -0.1) is 11.3 Å². The highest BCUT2D eigenvalue weighted by molar-refractivity contribution is 7.89. The molecule has 2 heterocycles. The standard InChI is InChI=1S/C9H10Cl2N4O2S2/c10-8-3-7(9(11)18-8)19(16,17)14-1-2-15-5-6(12)4-13-15/h3-5,14H,1-2,12H2. The van der Waals surface area contributed by atoms with Crippen LogP contribution in [0, 0.1) is 0 Å². The van der Waals surface area contributed by atoms with E-state index in [0.717, 1.165) is 11.3 Å². The molecule has 0 bridgehead atoms. The highest BCUT2D eigenvalue weighted by Crippen LogP contribution is 2.33. The van der Waals surface area contributed by atoms with Gasteiger partial charge in [0.15, 0.2) is 0 Å². The van der Waals surface area contributed by atoms with E-state index in [-0.39, 0.29) is 15.8 Å². The summed E-state index contributed by atoms with van der Waals surface area (Å²) in [4.78, 5) is -0.0101. The third kappa shape index (κ3) is 3.61. The highest BCUT2D eigenvalue weighted by atomic mass is 35.5. The summed E-state index contributed by atoms with van der Waals surface area (Å²) in [6, 6.07) is 1.32. The van der Waals surface area contributed by atoms with E-state index in [2.05, 4.69) is 9.82 Å². The number of nitrogens with zero attached hydrogens (tertiary/aromatic N) is 2. The van der Waals surface area contributed by atoms with Crippen LogP contribution in [-0.4, -0.2) is 24.7 Å². The predicted molar refractivity (Wildman–Crippen MR) is 76.2 cm³/mol. The highest BCUT2D eigenvalue weighted by Gasteiger charge is 2.20. The Morgan fingerprint density at radius 2 is 2.21 bits per heavy atom. The molecule has 0 radical (unpaired) electrons. The molecule has 3 N–H and O–H groups in total. The molecule has 6 nitrogen and oxygen atoms in total. The molecule has 0 aliphatic rings. The Balaban J connectivity index is 2.00. The number of rotatable bonds is 5. The summed E-state index contributed by atoms with van der Waals surface area (Å²) >= 11 is 12.5. The molecule has 0 spiro atoms. The first-order valence-electron chi connectivity index (χ1n) is 5.11. The Morgan fingerprint density at radius 1 is 1.47 bits per heavy atom. The van der Waals surface area contributed by atoms with Crippen LogP contribution < -0.4 is 10.5 Å². The van der Waals surface area contributed by atoms with E-state index >= 15 is 0 Å². The normalized spacial score (nSPS) is 11.9. The quantitative estimate of drug-likeness (QED) is 0.868. The lowest BCUT2D eigenvalue weighted by atomic mass is 10.6. The van der Waals surface area contributed by atoms with Crippen LogP contribution in [0.3, 0.4) is 0 Å². The van der Waals surface area contributed by atoms with Crippen LogP contribution in [0.25, 0.3) is 0 Å². The van der Waals surface area contributed by atoms with E-state index < -0.39 is 10.0 Å². The number of nitrogens with one attached hydrogen (secondary N) is 1. The fourth-order valence-electron chi connectivity index (χ4n) is 1.38. The summed E-state index contributed by atoms with van der Waals surface area (Å²) < 4.78 is 28.3. The van der Waals surface area contributed by atoms with Gasteiger partial charge < -0.3 is 5.73 Å². The van der Waals surface area contributed by atoms with Crippen molar-refractivity contribution in [3.05, 3.63) is 27.1 Å². The molecule has 0 amide bonds. The minimum atomic E-state index is -3.66. The van der Waals surface area contributed by atoms with Crippen LogP contribution in [0.15, 0.2) is 23.4 Å². The smallest absolute Gasteiger partial charge is 0.243 e. The van der Waals surface area contributed by atoms with Gasteiger partial charge >= 0.3 is 0 Å². The first-order valence-corrected chi connectivity index (χ1v) is 8.16. The molecule has 104 valence electrons. The molecule has 0 aromatic carbocycles. The van der Waals surface area contributed by atoms with Gasteiger partial charge in [0.05, 0.1) is 22.8 Å². The summed E-state index contributed by atoms with van der Waals surface area (Å²) in [6.45, 7) is 0.541. The fraction of sp³-hybridized carbons (Fsp3) is 0.222. The van der Waals surface area contributed by atoms with Crippen LogP contribution in [-0.2, 0) is 16.6 Å². The van der Waals surface area contributed by atoms with E-state index in [0.29, 0.717) is 16.6 Å². The minimum Gasteiger partial charge on any atom is -0.396 e. The van der Waals surface area contributed by atoms with E-state index in [4.69, 9.17) is 28.9 Å². The van der Waals surface area contributed by atoms with Crippen LogP contribution in [0.4, 0.5) is 5.69 Å². The second kappa shape index (κ2) is 5.68. The predicted octanol–water partition coefficient (Wildman–Crippen LogP) is 1.81. The molecule has 2 aromatic rings. The topological polar surface area (TPSA) is 90.0 Å². The first kappa shape index (κ1) is 14.6. The summed E-state index contributed by atoms with van der Waals surface area (Å²) in [5.41, 5.74) is 6.02. The van der Waals surface area contributed by atoms with Gasteiger partial charge in [-0.3, -0.25) is 4.68 Å². The molecule has 19 heavy (non-hydrogen) atoms. The fourth-order valence-corrected chi connectivity index (χ4v) is 4.55. The molecular weight excluding hydrogens is 331 g/mol. The van der Waals surface area contributed by atoms with Gasteiger partial charge in [0.25, 0.3) is 0 Å². The number of thiophene rings is 1. The van der Waals surface area contributed by atoms with E-state index in [1.54, 1.807) is 10.9 Å². The van der Waals surface area contributed by atoms with Crippen LogP contribution in [0.1, 0.15) is 0 Å². The third-order valence-corrected chi connectivity index (χ3v) is 5.42. The molecule has 0 fully saturated rings. The lowest BCUT2D eigenvalue weighted by Gasteiger charge is -2.05. The van der Waals surface area contributed by atoms with Gasteiger partial charge in [-0.1, -0.05) is 23.2 Å². The Kier molecular flexibility index (Phi) is 4.36. The third-order valence-electron chi connectivity index (χ3n) is 2.20. The van der Waals surface area contributed by atoms with Gasteiger partial charge in [-0.05, 0) is 6.07 Å². The molecule has 0 aliphatic heterocycles. The number of halogens is 2. The van der Waals surface area contributed by atoms with Gasteiger partial charge in [0.2, 0.25) is 10.0 Å². The summed E-state index contributed by atoms with van der Waals surface area (Å²) in [5.74, 6) is 0.